The van der Waals surface area contributed by atoms with Gasteiger partial charge in [0.05, 0.1) is 7.11 Å². The van der Waals surface area contributed by atoms with Gasteiger partial charge in [0.15, 0.2) is 0 Å². The van der Waals surface area contributed by atoms with Crippen LogP contribution in [0.2, 0.25) is 0 Å². The van der Waals surface area contributed by atoms with Crippen LogP contribution >= 0.6 is 0 Å². The fourth-order valence-corrected chi connectivity index (χ4v) is 1.63. The lowest BCUT2D eigenvalue weighted by Gasteiger charge is -2.02. The molecule has 0 aliphatic carbocycles. The van der Waals surface area contributed by atoms with Crippen molar-refractivity contribution in [1.82, 2.24) is 10.1 Å². The van der Waals surface area contributed by atoms with Gasteiger partial charge in [0.1, 0.15) is 17.0 Å². The van der Waals surface area contributed by atoms with Crippen molar-refractivity contribution in [2.45, 2.75) is 13.8 Å². The van der Waals surface area contributed by atoms with Crippen LogP contribution in [0.15, 0.2) is 22.9 Å². The standard InChI is InChI=1S/C12H12N2O3/c1-7-9(5-4-6-13-7)11-10(12(15)16-3)8(2)17-14-11/h4-6H,1-3H3. The Morgan fingerprint density at radius 1 is 1.41 bits per heavy atom. The number of hydrogen-bond donors (Lipinski definition) is 0. The molecule has 0 fully saturated rings. The second-order valence-electron chi connectivity index (χ2n) is 3.59. The summed E-state index contributed by atoms with van der Waals surface area (Å²) in [6.45, 7) is 3.52. The van der Waals surface area contributed by atoms with Crippen LogP contribution in [0, 0.1) is 13.8 Å². The molecule has 0 saturated heterocycles. The van der Waals surface area contributed by atoms with Crippen LogP contribution in [-0.2, 0) is 4.74 Å². The summed E-state index contributed by atoms with van der Waals surface area (Å²) < 4.78 is 9.77. The maximum absolute atomic E-state index is 11.7. The van der Waals surface area contributed by atoms with Crippen LogP contribution in [0.1, 0.15) is 21.8 Å². The van der Waals surface area contributed by atoms with Gasteiger partial charge in [-0.2, -0.15) is 0 Å². The van der Waals surface area contributed by atoms with E-state index in [1.165, 1.54) is 7.11 Å². The summed E-state index contributed by atoms with van der Waals surface area (Å²) in [7, 11) is 1.33. The highest BCUT2D eigenvalue weighted by atomic mass is 16.5. The zero-order valence-corrected chi connectivity index (χ0v) is 9.85. The molecule has 0 unspecified atom stereocenters. The zero-order valence-electron chi connectivity index (χ0n) is 9.85. The molecular formula is C12H12N2O3. The number of carbonyl (C=O) groups is 1. The number of pyridine rings is 1. The first-order chi connectivity index (χ1) is 8.15. The van der Waals surface area contributed by atoms with Crippen molar-refractivity contribution in [1.29, 1.82) is 0 Å². The Morgan fingerprint density at radius 3 is 2.82 bits per heavy atom. The molecular weight excluding hydrogens is 220 g/mol. The summed E-state index contributed by atoms with van der Waals surface area (Å²) in [5.74, 6) is -0.0166. The first-order valence-corrected chi connectivity index (χ1v) is 5.11. The smallest absolute Gasteiger partial charge is 0.343 e. The largest absolute Gasteiger partial charge is 0.465 e. The molecule has 0 bridgehead atoms. The maximum atomic E-state index is 11.7. The highest BCUT2D eigenvalue weighted by Gasteiger charge is 2.23. The number of rotatable bonds is 2. The Morgan fingerprint density at radius 2 is 2.18 bits per heavy atom. The minimum atomic E-state index is -0.456. The molecule has 0 spiro atoms. The number of methoxy groups -OCH3 is 1. The van der Waals surface area contributed by atoms with E-state index in [1.54, 1.807) is 19.2 Å². The zero-order chi connectivity index (χ0) is 12.4. The van der Waals surface area contributed by atoms with Crippen LogP contribution in [0.5, 0.6) is 0 Å². The van der Waals surface area contributed by atoms with Crippen LogP contribution in [0.3, 0.4) is 0 Å². The lowest BCUT2D eigenvalue weighted by molar-refractivity contribution is 0.0599. The first kappa shape index (κ1) is 11.3. The van der Waals surface area contributed by atoms with Crippen LogP contribution in [-0.4, -0.2) is 23.2 Å². The average Bonchev–Trinajstić information content (AvgIpc) is 2.71. The molecule has 2 aromatic rings. The molecule has 2 rings (SSSR count). The van der Waals surface area contributed by atoms with Crippen LogP contribution in [0.4, 0.5) is 0 Å². The third kappa shape index (κ3) is 1.91. The van der Waals surface area contributed by atoms with Crippen molar-refractivity contribution in [2.24, 2.45) is 0 Å². The van der Waals surface area contributed by atoms with Gasteiger partial charge in [-0.3, -0.25) is 4.98 Å². The maximum Gasteiger partial charge on any atom is 0.343 e. The van der Waals surface area contributed by atoms with Gasteiger partial charge in [-0.25, -0.2) is 4.79 Å². The van der Waals surface area contributed by atoms with E-state index < -0.39 is 5.97 Å². The van der Waals surface area contributed by atoms with E-state index in [4.69, 9.17) is 9.26 Å². The molecule has 0 radical (unpaired) electrons. The van der Waals surface area contributed by atoms with E-state index in [1.807, 2.05) is 13.0 Å². The molecule has 0 aromatic carbocycles. The molecule has 5 nitrogen and oxygen atoms in total. The second kappa shape index (κ2) is 4.37. The fourth-order valence-electron chi connectivity index (χ4n) is 1.63. The topological polar surface area (TPSA) is 65.2 Å². The predicted octanol–water partition coefficient (Wildman–Crippen LogP) is 2.14. The van der Waals surface area contributed by atoms with E-state index in [0.29, 0.717) is 17.0 Å². The fraction of sp³-hybridized carbons (Fsp3) is 0.250. The number of hydrogen-bond acceptors (Lipinski definition) is 5. The van der Waals surface area contributed by atoms with Gasteiger partial charge in [0, 0.05) is 17.5 Å². The lowest BCUT2D eigenvalue weighted by Crippen LogP contribution is -2.04. The van der Waals surface area contributed by atoms with Crippen molar-refractivity contribution < 1.29 is 14.1 Å². The van der Waals surface area contributed by atoms with Crippen molar-refractivity contribution in [2.75, 3.05) is 7.11 Å². The minimum absolute atomic E-state index is 0.351. The van der Waals surface area contributed by atoms with Crippen molar-refractivity contribution in [3.8, 4) is 11.3 Å². The van der Waals surface area contributed by atoms with E-state index >= 15 is 0 Å². The molecule has 0 saturated carbocycles. The van der Waals surface area contributed by atoms with Gasteiger partial charge in [0.25, 0.3) is 0 Å². The SMILES string of the molecule is COC(=O)c1c(-c2cccnc2C)noc1C. The number of aryl methyl sites for hydroxylation is 2. The van der Waals surface area contributed by atoms with Crippen molar-refractivity contribution in [3.63, 3.8) is 0 Å². The molecule has 2 aromatic heterocycles. The Bertz CT molecular complexity index is 561. The summed E-state index contributed by atoms with van der Waals surface area (Å²) in [4.78, 5) is 15.8. The highest BCUT2D eigenvalue weighted by Crippen LogP contribution is 2.27. The van der Waals surface area contributed by atoms with E-state index in [2.05, 4.69) is 10.1 Å². The molecule has 0 aliphatic rings. The number of nitrogens with zero attached hydrogens (tertiary/aromatic N) is 2. The normalized spacial score (nSPS) is 10.3. The van der Waals surface area contributed by atoms with Crippen molar-refractivity contribution >= 4 is 5.97 Å². The molecule has 17 heavy (non-hydrogen) atoms. The number of aromatic nitrogens is 2. The Labute approximate surface area is 98.4 Å². The quantitative estimate of drug-likeness (QED) is 0.742. The van der Waals surface area contributed by atoms with Gasteiger partial charge in [-0.1, -0.05) is 5.16 Å². The Balaban J connectivity index is 2.61. The molecule has 88 valence electrons. The summed E-state index contributed by atoms with van der Waals surface area (Å²) in [5, 5.41) is 3.90. The van der Waals surface area contributed by atoms with E-state index in [9.17, 15) is 4.79 Å². The molecule has 2 heterocycles. The average molecular weight is 232 g/mol. The molecule has 0 N–H and O–H groups in total. The second-order valence-corrected chi connectivity index (χ2v) is 3.59. The summed E-state index contributed by atoms with van der Waals surface area (Å²) in [5.41, 5.74) is 2.37. The summed E-state index contributed by atoms with van der Waals surface area (Å²) in [6, 6.07) is 3.62. The Hall–Kier alpha value is -2.17. The molecule has 5 heteroatoms. The van der Waals surface area contributed by atoms with Gasteiger partial charge in [0.2, 0.25) is 0 Å². The molecule has 0 amide bonds. The van der Waals surface area contributed by atoms with E-state index in [0.717, 1.165) is 11.3 Å². The summed E-state index contributed by atoms with van der Waals surface area (Å²) in [6.07, 6.45) is 1.68. The van der Waals surface area contributed by atoms with Gasteiger partial charge in [-0.05, 0) is 26.0 Å². The third-order valence-electron chi connectivity index (χ3n) is 2.51. The Kier molecular flexibility index (Phi) is 2.91. The van der Waals surface area contributed by atoms with E-state index in [-0.39, 0.29) is 0 Å². The first-order valence-electron chi connectivity index (χ1n) is 5.11. The van der Waals surface area contributed by atoms with Gasteiger partial charge in [-0.15, -0.1) is 0 Å². The molecule has 0 atom stereocenters. The van der Waals surface area contributed by atoms with Gasteiger partial charge >= 0.3 is 5.97 Å². The number of esters is 1. The molecule has 0 aliphatic heterocycles. The lowest BCUT2D eigenvalue weighted by atomic mass is 10.1. The number of carbonyl (C=O) groups excluding carboxylic acids is 1. The van der Waals surface area contributed by atoms with Crippen LogP contribution in [0.25, 0.3) is 11.3 Å². The highest BCUT2D eigenvalue weighted by molar-refractivity contribution is 5.97. The number of ether oxygens (including phenoxy) is 1. The minimum Gasteiger partial charge on any atom is -0.465 e. The summed E-state index contributed by atoms with van der Waals surface area (Å²) >= 11 is 0. The van der Waals surface area contributed by atoms with Crippen molar-refractivity contribution in [3.05, 3.63) is 35.3 Å². The monoisotopic (exact) mass is 232 g/mol. The third-order valence-corrected chi connectivity index (χ3v) is 2.51. The van der Waals surface area contributed by atoms with Crippen LogP contribution < -0.4 is 0 Å². The van der Waals surface area contributed by atoms with Gasteiger partial charge < -0.3 is 9.26 Å². The predicted molar refractivity (Wildman–Crippen MR) is 60.5 cm³/mol.